The number of benzene rings is 12. The number of hydrogen-bond acceptors (Lipinski definition) is 28. The lowest BCUT2D eigenvalue weighted by Crippen LogP contribution is -2.09. The van der Waals surface area contributed by atoms with Gasteiger partial charge in [0.1, 0.15) is 98.9 Å². The average Bonchev–Trinajstić information content (AvgIpc) is 0.808. The number of phenolic OH excluding ortho intramolecular Hbond substituents is 4. The Morgan fingerprint density at radius 3 is 0.469 bits per heavy atom. The maximum absolute atomic E-state index is 10.8. The minimum Gasteiger partial charge on any atom is -0.507 e. The fraction of sp³-hybridized carbons (Fsp3) is 0.120. The van der Waals surface area contributed by atoms with E-state index in [2.05, 4.69) is 59.8 Å². The second-order valence-corrected chi connectivity index (χ2v) is 27.6. The van der Waals surface area contributed by atoms with Crippen LogP contribution in [0.1, 0.15) is 27.7 Å². The molecule has 16 aromatic rings. The Balaban J connectivity index is 0.000000146. The summed E-state index contributed by atoms with van der Waals surface area (Å²) in [5, 5.41) is 42.6. The Kier molecular flexibility index (Phi) is 31.0. The molecule has 4 heterocycles. The highest BCUT2D eigenvalue weighted by Crippen LogP contribution is 2.38. The van der Waals surface area contributed by atoms with Crippen LogP contribution in [0.5, 0.6) is 46.0 Å². The summed E-state index contributed by atoms with van der Waals surface area (Å²) in [7, 11) is 0. The third-order valence-electron chi connectivity index (χ3n) is 18.3. The van der Waals surface area contributed by atoms with Crippen molar-refractivity contribution in [3.63, 3.8) is 0 Å². The van der Waals surface area contributed by atoms with Crippen molar-refractivity contribution in [2.24, 2.45) is 0 Å². The average molecular weight is 1710 g/mol. The van der Waals surface area contributed by atoms with E-state index in [1.165, 1.54) is 52.0 Å². The summed E-state index contributed by atoms with van der Waals surface area (Å²) in [6, 6.07) is 96.4. The first-order valence-electron chi connectivity index (χ1n) is 40.3. The number of aromatic hydroxyl groups is 4. The monoisotopic (exact) mass is 1710 g/mol. The van der Waals surface area contributed by atoms with Crippen LogP contribution in [-0.2, 0) is 38.1 Å². The third kappa shape index (κ3) is 25.5. The van der Waals surface area contributed by atoms with Crippen molar-refractivity contribution in [2.75, 3.05) is 52.9 Å². The summed E-state index contributed by atoms with van der Waals surface area (Å²) in [4.78, 5) is 98.7. The van der Waals surface area contributed by atoms with Gasteiger partial charge in [0.05, 0.1) is 22.3 Å². The molecule has 0 aliphatic heterocycles. The number of esters is 4. The van der Waals surface area contributed by atoms with Crippen molar-refractivity contribution in [2.45, 2.75) is 27.7 Å². The Bertz CT molecular complexity index is 5400. The minimum absolute atomic E-state index is 0.0285. The van der Waals surface area contributed by atoms with Crippen LogP contribution in [0, 0.1) is 0 Å². The molecular formula is C100H84N12O16. The van der Waals surface area contributed by atoms with E-state index in [-0.39, 0.29) is 99.7 Å². The van der Waals surface area contributed by atoms with E-state index in [1.54, 1.807) is 48.5 Å². The zero-order chi connectivity index (χ0) is 89.4. The molecular weight excluding hydrogens is 1630 g/mol. The molecule has 0 radical (unpaired) electrons. The van der Waals surface area contributed by atoms with E-state index < -0.39 is 0 Å². The fourth-order valence-electron chi connectivity index (χ4n) is 12.3. The van der Waals surface area contributed by atoms with Crippen molar-refractivity contribution in [1.82, 2.24) is 59.8 Å². The van der Waals surface area contributed by atoms with E-state index in [9.17, 15) is 39.6 Å². The highest BCUT2D eigenvalue weighted by molar-refractivity contribution is 5.76. The lowest BCUT2D eigenvalue weighted by atomic mass is 10.1. The smallest absolute Gasteiger partial charge is 0.302 e. The second-order valence-electron chi connectivity index (χ2n) is 27.6. The second kappa shape index (κ2) is 44.7. The zero-order valence-corrected chi connectivity index (χ0v) is 69.7. The Morgan fingerprint density at radius 1 is 0.195 bits per heavy atom. The topological polar surface area (TPSA) is 378 Å². The Hall–Kier alpha value is -17.0. The number of carbonyl (C=O) groups is 4. The highest BCUT2D eigenvalue weighted by atomic mass is 16.6. The normalized spacial score (nSPS) is 10.5. The van der Waals surface area contributed by atoms with Crippen LogP contribution < -0.4 is 18.9 Å². The molecule has 0 unspecified atom stereocenters. The molecule has 128 heavy (non-hydrogen) atoms. The number of carbonyl (C=O) groups excluding carboxylic acids is 4. The van der Waals surface area contributed by atoms with E-state index in [0.29, 0.717) is 115 Å². The minimum atomic E-state index is -0.370. The Labute approximate surface area is 736 Å². The molecule has 0 saturated heterocycles. The number of nitrogens with zero attached hydrogens (tertiary/aromatic N) is 12. The van der Waals surface area contributed by atoms with Crippen LogP contribution in [0.4, 0.5) is 0 Å². The molecule has 16 rings (SSSR count). The van der Waals surface area contributed by atoms with Crippen molar-refractivity contribution in [3.8, 4) is 183 Å². The molecule has 4 N–H and O–H groups in total. The van der Waals surface area contributed by atoms with Gasteiger partial charge in [0, 0.05) is 96.5 Å². The van der Waals surface area contributed by atoms with Gasteiger partial charge in [-0.15, -0.1) is 0 Å². The lowest BCUT2D eigenvalue weighted by Gasteiger charge is -2.11. The molecule has 0 fully saturated rings. The fourth-order valence-corrected chi connectivity index (χ4v) is 12.3. The quantitative estimate of drug-likeness (QED) is 0.0201. The highest BCUT2D eigenvalue weighted by Gasteiger charge is 2.22. The summed E-state index contributed by atoms with van der Waals surface area (Å²) in [5.41, 5.74) is 8.58. The van der Waals surface area contributed by atoms with Crippen LogP contribution >= 0.6 is 0 Å². The number of aromatic nitrogens is 12. The first kappa shape index (κ1) is 88.7. The molecule has 0 bridgehead atoms. The third-order valence-corrected chi connectivity index (χ3v) is 18.3. The number of phenols is 4. The van der Waals surface area contributed by atoms with E-state index in [4.69, 9.17) is 37.9 Å². The SMILES string of the molecule is CC(=O)OCCOc1ccc(-c2nc(-c3ccccc3)nc(-c3ccccc3)n2)c(O)c1.CC(=O)OCCOc1ccc(-c2nc(-c3ccccc3)nc(-c3ccccc3)n2)c(O)c1.CC(=O)OCCOc1ccc(-c2nc(-c3ccccc3)nc(-c3ccccc3)n2)c(O)c1.CC(=O)OCCOc1ccc(-c2nc(-c3ccccc3)nc(-c3ccccc3)n2)c(O)c1. The van der Waals surface area contributed by atoms with Gasteiger partial charge in [-0.2, -0.15) is 0 Å². The molecule has 0 aliphatic rings. The lowest BCUT2D eigenvalue weighted by molar-refractivity contribution is -0.142. The Morgan fingerprint density at radius 2 is 0.336 bits per heavy atom. The van der Waals surface area contributed by atoms with Crippen LogP contribution in [0.3, 0.4) is 0 Å². The molecule has 0 atom stereocenters. The van der Waals surface area contributed by atoms with Gasteiger partial charge in [0.2, 0.25) is 0 Å². The zero-order valence-electron chi connectivity index (χ0n) is 69.7. The maximum Gasteiger partial charge on any atom is 0.302 e. The summed E-state index contributed by atoms with van der Waals surface area (Å²) >= 11 is 0. The number of rotatable bonds is 28. The molecule has 0 aliphatic carbocycles. The first-order chi connectivity index (χ1) is 62.4. The van der Waals surface area contributed by atoms with Gasteiger partial charge in [0.15, 0.2) is 69.9 Å². The van der Waals surface area contributed by atoms with Crippen molar-refractivity contribution in [1.29, 1.82) is 0 Å². The van der Waals surface area contributed by atoms with E-state index in [0.717, 1.165) is 44.5 Å². The van der Waals surface area contributed by atoms with Crippen LogP contribution in [0.15, 0.2) is 315 Å². The predicted octanol–water partition coefficient (Wildman–Crippen LogP) is 18.1. The van der Waals surface area contributed by atoms with Crippen molar-refractivity contribution >= 4 is 23.9 Å². The number of hydrogen-bond donors (Lipinski definition) is 4. The van der Waals surface area contributed by atoms with Gasteiger partial charge in [0.25, 0.3) is 0 Å². The summed E-state index contributed by atoms with van der Waals surface area (Å²) in [6.45, 7) is 6.59. The molecule has 0 amide bonds. The van der Waals surface area contributed by atoms with Crippen LogP contribution in [0.2, 0.25) is 0 Å². The van der Waals surface area contributed by atoms with Gasteiger partial charge < -0.3 is 58.3 Å². The first-order valence-corrected chi connectivity index (χ1v) is 40.3. The van der Waals surface area contributed by atoms with Gasteiger partial charge in [-0.1, -0.05) is 243 Å². The standard InChI is InChI=1S/4C25H21N3O4/c4*1-17(29)31-14-15-32-20-12-13-21(22(30)16-20)25-27-23(18-8-4-2-5-9-18)26-24(28-25)19-10-6-3-7-11-19/h4*2-13,16,30H,14-15H2,1H3. The van der Waals surface area contributed by atoms with Crippen molar-refractivity contribution in [3.05, 3.63) is 315 Å². The summed E-state index contributed by atoms with van der Waals surface area (Å²) in [5.74, 6) is 5.65. The molecule has 28 heteroatoms. The van der Waals surface area contributed by atoms with E-state index in [1.807, 2.05) is 243 Å². The van der Waals surface area contributed by atoms with Gasteiger partial charge >= 0.3 is 23.9 Å². The van der Waals surface area contributed by atoms with Gasteiger partial charge in [-0.3, -0.25) is 19.2 Å². The van der Waals surface area contributed by atoms with Crippen LogP contribution in [0.25, 0.3) is 137 Å². The predicted molar refractivity (Wildman–Crippen MR) is 480 cm³/mol. The number of ether oxygens (including phenoxy) is 8. The molecule has 640 valence electrons. The van der Waals surface area contributed by atoms with Crippen molar-refractivity contribution < 1.29 is 77.5 Å². The van der Waals surface area contributed by atoms with E-state index >= 15 is 0 Å². The summed E-state index contributed by atoms with van der Waals surface area (Å²) < 4.78 is 41.5. The molecule has 4 aromatic heterocycles. The summed E-state index contributed by atoms with van der Waals surface area (Å²) in [6.07, 6.45) is 0. The molecule has 0 spiro atoms. The van der Waals surface area contributed by atoms with Crippen LogP contribution in [-0.4, -0.2) is 157 Å². The van der Waals surface area contributed by atoms with Gasteiger partial charge in [-0.05, 0) is 48.5 Å². The van der Waals surface area contributed by atoms with Gasteiger partial charge in [-0.25, -0.2) is 59.8 Å². The molecule has 28 nitrogen and oxygen atoms in total. The molecule has 12 aromatic carbocycles. The molecule has 0 saturated carbocycles. The maximum atomic E-state index is 10.8. The largest absolute Gasteiger partial charge is 0.507 e.